The summed E-state index contributed by atoms with van der Waals surface area (Å²) >= 11 is 0. The number of carbonyl (C=O) groups is 2. The van der Waals surface area contributed by atoms with Gasteiger partial charge in [0.25, 0.3) is 5.89 Å². The van der Waals surface area contributed by atoms with Crippen molar-refractivity contribution in [3.8, 4) is 0 Å². The van der Waals surface area contributed by atoms with Crippen LogP contribution >= 0.6 is 0 Å². The second-order valence-electron chi connectivity index (χ2n) is 4.84. The Bertz CT molecular complexity index is 487. The van der Waals surface area contributed by atoms with Gasteiger partial charge in [-0.3, -0.25) is 9.59 Å². The minimum Gasteiger partial charge on any atom is -0.481 e. The van der Waals surface area contributed by atoms with E-state index in [0.29, 0.717) is 31.0 Å². The lowest BCUT2D eigenvalue weighted by Crippen LogP contribution is -2.35. The molecule has 0 spiro atoms. The Morgan fingerprint density at radius 2 is 2.30 bits per heavy atom. The molecular formula is C12H17N3O5. The Hall–Kier alpha value is -1.96. The predicted octanol–water partition coefficient (Wildman–Crippen LogP) is 0.264. The summed E-state index contributed by atoms with van der Waals surface area (Å²) in [6, 6.07) is -0.0853. The van der Waals surface area contributed by atoms with Crippen LogP contribution in [0.4, 0.5) is 0 Å². The lowest BCUT2D eigenvalue weighted by atomic mass is 10.1. The number of nitrogens with zero attached hydrogens (tertiary/aromatic N) is 2. The van der Waals surface area contributed by atoms with Crippen molar-refractivity contribution in [3.63, 3.8) is 0 Å². The van der Waals surface area contributed by atoms with E-state index in [-0.39, 0.29) is 31.1 Å². The molecule has 1 aliphatic carbocycles. The van der Waals surface area contributed by atoms with Gasteiger partial charge in [0.05, 0.1) is 5.92 Å². The first-order chi connectivity index (χ1) is 9.54. The Morgan fingerprint density at radius 1 is 1.50 bits per heavy atom. The van der Waals surface area contributed by atoms with Crippen LogP contribution in [0.2, 0.25) is 0 Å². The average Bonchev–Trinajstić information content (AvgIpc) is 2.99. The van der Waals surface area contributed by atoms with Crippen LogP contribution in [0.25, 0.3) is 0 Å². The first-order valence-corrected chi connectivity index (χ1v) is 6.43. The topological polar surface area (TPSA) is 115 Å². The van der Waals surface area contributed by atoms with E-state index < -0.39 is 5.97 Å². The third-order valence-electron chi connectivity index (χ3n) is 3.18. The summed E-state index contributed by atoms with van der Waals surface area (Å²) in [6.07, 6.45) is 1.76. The van der Waals surface area contributed by atoms with Gasteiger partial charge in [-0.05, 0) is 26.2 Å². The number of hydrogen-bond donors (Lipinski definition) is 2. The predicted molar refractivity (Wildman–Crippen MR) is 65.6 cm³/mol. The molecule has 0 aliphatic heterocycles. The molecule has 1 aromatic heterocycles. The summed E-state index contributed by atoms with van der Waals surface area (Å²) in [6.45, 7) is 1.66. The highest BCUT2D eigenvalue weighted by atomic mass is 16.5. The van der Waals surface area contributed by atoms with Gasteiger partial charge in [0.1, 0.15) is 13.2 Å². The molecular weight excluding hydrogens is 266 g/mol. The molecule has 2 N–H and O–H groups in total. The quantitative estimate of drug-likeness (QED) is 0.769. The van der Waals surface area contributed by atoms with Crippen LogP contribution in [0.15, 0.2) is 4.52 Å². The average molecular weight is 283 g/mol. The van der Waals surface area contributed by atoms with Crippen molar-refractivity contribution in [3.05, 3.63) is 11.7 Å². The molecule has 110 valence electrons. The molecule has 0 saturated heterocycles. The molecule has 1 aliphatic rings. The maximum atomic E-state index is 11.6. The molecule has 1 saturated carbocycles. The molecule has 20 heavy (non-hydrogen) atoms. The number of rotatable bonds is 6. The van der Waals surface area contributed by atoms with Gasteiger partial charge in [-0.15, -0.1) is 0 Å². The minimum absolute atomic E-state index is 0.0800. The third kappa shape index (κ3) is 4.02. The number of nitrogens with one attached hydrogen (secondary N) is 1. The fraction of sp³-hybridized carbons (Fsp3) is 0.667. The standard InChI is InChI=1S/C12H17N3O5/c1-7-13-11(20-15-7)6-19-5-10(16)14-9-3-2-8(4-9)12(17)18/h8-9H,2-6H2,1H3,(H,14,16)(H,17,18)/t8-,9+/m1/s1. The smallest absolute Gasteiger partial charge is 0.306 e. The SMILES string of the molecule is Cc1noc(COCC(=O)N[C@H]2CC[C@@H](C(=O)O)C2)n1. The molecule has 0 aromatic carbocycles. The fourth-order valence-corrected chi connectivity index (χ4v) is 2.24. The number of aryl methyl sites for hydroxylation is 1. The van der Waals surface area contributed by atoms with Crippen molar-refractivity contribution in [1.29, 1.82) is 0 Å². The largest absolute Gasteiger partial charge is 0.481 e. The molecule has 8 heteroatoms. The number of aliphatic carboxylic acids is 1. The van der Waals surface area contributed by atoms with Gasteiger partial charge in [0.15, 0.2) is 5.82 Å². The number of aromatic nitrogens is 2. The summed E-state index contributed by atoms with van der Waals surface area (Å²) in [5.74, 6) is -0.592. The van der Waals surface area contributed by atoms with Crippen molar-refractivity contribution >= 4 is 11.9 Å². The summed E-state index contributed by atoms with van der Waals surface area (Å²) in [5.41, 5.74) is 0. The molecule has 0 radical (unpaired) electrons. The van der Waals surface area contributed by atoms with Gasteiger partial charge >= 0.3 is 5.97 Å². The summed E-state index contributed by atoms with van der Waals surface area (Å²) < 4.78 is 9.99. The molecule has 1 heterocycles. The van der Waals surface area contributed by atoms with Crippen LogP contribution in [0, 0.1) is 12.8 Å². The van der Waals surface area contributed by atoms with Crippen molar-refractivity contribution < 1.29 is 24.0 Å². The van der Waals surface area contributed by atoms with Crippen LogP contribution < -0.4 is 5.32 Å². The van der Waals surface area contributed by atoms with Gasteiger partial charge in [0.2, 0.25) is 5.91 Å². The van der Waals surface area contributed by atoms with Crippen LogP contribution in [0.3, 0.4) is 0 Å². The van der Waals surface area contributed by atoms with Gasteiger partial charge in [-0.1, -0.05) is 5.16 Å². The number of ether oxygens (including phenoxy) is 1. The first-order valence-electron chi connectivity index (χ1n) is 6.43. The van der Waals surface area contributed by atoms with Crippen LogP contribution in [0.5, 0.6) is 0 Å². The monoisotopic (exact) mass is 283 g/mol. The van der Waals surface area contributed by atoms with Crippen LogP contribution in [-0.4, -0.2) is 39.8 Å². The number of carboxylic acid groups (broad SMARTS) is 1. The highest BCUT2D eigenvalue weighted by molar-refractivity contribution is 5.78. The Morgan fingerprint density at radius 3 is 2.90 bits per heavy atom. The van der Waals surface area contributed by atoms with Gasteiger partial charge in [-0.2, -0.15) is 4.98 Å². The molecule has 2 rings (SSSR count). The normalized spacial score (nSPS) is 21.9. The van der Waals surface area contributed by atoms with Gasteiger partial charge < -0.3 is 19.7 Å². The molecule has 1 fully saturated rings. The summed E-state index contributed by atoms with van der Waals surface area (Å²) in [4.78, 5) is 26.4. The van der Waals surface area contributed by atoms with Crippen molar-refractivity contribution in [1.82, 2.24) is 15.5 Å². The Labute approximate surface area is 115 Å². The van der Waals surface area contributed by atoms with Crippen molar-refractivity contribution in [2.45, 2.75) is 38.8 Å². The van der Waals surface area contributed by atoms with Gasteiger partial charge in [0, 0.05) is 6.04 Å². The van der Waals surface area contributed by atoms with E-state index in [1.165, 1.54) is 0 Å². The lowest BCUT2D eigenvalue weighted by Gasteiger charge is -2.12. The zero-order chi connectivity index (χ0) is 14.5. The summed E-state index contributed by atoms with van der Waals surface area (Å²) in [7, 11) is 0. The molecule has 2 atom stereocenters. The van der Waals surface area contributed by atoms with E-state index in [1.807, 2.05) is 0 Å². The Kier molecular flexibility index (Phi) is 4.67. The van der Waals surface area contributed by atoms with Crippen LogP contribution in [0.1, 0.15) is 31.0 Å². The molecule has 1 aromatic rings. The maximum absolute atomic E-state index is 11.6. The number of amides is 1. The molecule has 0 bridgehead atoms. The molecule has 1 amide bonds. The number of carboxylic acids is 1. The fourth-order valence-electron chi connectivity index (χ4n) is 2.24. The minimum atomic E-state index is -0.801. The van der Waals surface area contributed by atoms with Crippen molar-refractivity contribution in [2.24, 2.45) is 5.92 Å². The highest BCUT2D eigenvalue weighted by Gasteiger charge is 2.30. The zero-order valence-electron chi connectivity index (χ0n) is 11.2. The van der Waals surface area contributed by atoms with E-state index in [0.717, 1.165) is 0 Å². The summed E-state index contributed by atoms with van der Waals surface area (Å²) in [5, 5.41) is 15.2. The lowest BCUT2D eigenvalue weighted by molar-refractivity contribution is -0.141. The van der Waals surface area contributed by atoms with Gasteiger partial charge in [-0.25, -0.2) is 0 Å². The third-order valence-corrected chi connectivity index (χ3v) is 3.18. The van der Waals surface area contributed by atoms with E-state index in [4.69, 9.17) is 14.4 Å². The van der Waals surface area contributed by atoms with E-state index in [1.54, 1.807) is 6.92 Å². The molecule has 8 nitrogen and oxygen atoms in total. The second kappa shape index (κ2) is 6.47. The highest BCUT2D eigenvalue weighted by Crippen LogP contribution is 2.25. The Balaban J connectivity index is 1.65. The number of carbonyl (C=O) groups excluding carboxylic acids is 1. The van der Waals surface area contributed by atoms with E-state index in [2.05, 4.69) is 15.5 Å². The maximum Gasteiger partial charge on any atom is 0.306 e. The first kappa shape index (κ1) is 14.4. The number of hydrogen-bond acceptors (Lipinski definition) is 6. The zero-order valence-corrected chi connectivity index (χ0v) is 11.2. The van der Waals surface area contributed by atoms with E-state index in [9.17, 15) is 9.59 Å². The molecule has 0 unspecified atom stereocenters. The van der Waals surface area contributed by atoms with Crippen molar-refractivity contribution in [2.75, 3.05) is 6.61 Å². The van der Waals surface area contributed by atoms with Crippen LogP contribution in [-0.2, 0) is 20.9 Å². The second-order valence-corrected chi connectivity index (χ2v) is 4.84. The van der Waals surface area contributed by atoms with E-state index >= 15 is 0 Å².